The summed E-state index contributed by atoms with van der Waals surface area (Å²) in [5.74, 6) is -0.496. The maximum atomic E-state index is 11.6. The molecule has 2 aromatic rings. The van der Waals surface area contributed by atoms with Crippen molar-refractivity contribution >= 4 is 17.8 Å². The van der Waals surface area contributed by atoms with Crippen molar-refractivity contribution in [1.82, 2.24) is 15.6 Å². The van der Waals surface area contributed by atoms with Gasteiger partial charge in [0.25, 0.3) is 11.6 Å². The Balaban J connectivity index is 2.07. The fourth-order valence-electron chi connectivity index (χ4n) is 1.52. The van der Waals surface area contributed by atoms with Gasteiger partial charge >= 0.3 is 0 Å². The summed E-state index contributed by atoms with van der Waals surface area (Å²) in [6, 6.07) is 7.66. The van der Waals surface area contributed by atoms with Crippen molar-refractivity contribution in [1.29, 1.82) is 0 Å². The number of hydrogen-bond donors (Lipinski definition) is 2. The molecule has 2 rings (SSSR count). The van der Waals surface area contributed by atoms with Gasteiger partial charge < -0.3 is 0 Å². The molecule has 20 heavy (non-hydrogen) atoms. The second kappa shape index (κ2) is 5.74. The number of nitrogens with one attached hydrogen (secondary N) is 2. The molecule has 1 amide bonds. The lowest BCUT2D eigenvalue weighted by Crippen LogP contribution is -2.18. The molecule has 0 radical (unpaired) electrons. The monoisotopic (exact) mass is 273 g/mol. The Morgan fingerprint density at radius 3 is 2.90 bits per heavy atom. The predicted molar refractivity (Wildman–Crippen MR) is 71.5 cm³/mol. The molecular formula is C12H11N5O3. The summed E-state index contributed by atoms with van der Waals surface area (Å²) in [5, 5.41) is 20.9. The van der Waals surface area contributed by atoms with Crippen molar-refractivity contribution in [2.75, 3.05) is 0 Å². The first kappa shape index (κ1) is 13.4. The molecule has 0 aliphatic carbocycles. The summed E-state index contributed by atoms with van der Waals surface area (Å²) >= 11 is 0. The Kier molecular flexibility index (Phi) is 3.85. The van der Waals surface area contributed by atoms with Gasteiger partial charge in [0.15, 0.2) is 5.69 Å². The van der Waals surface area contributed by atoms with Gasteiger partial charge in [0.2, 0.25) is 0 Å². The van der Waals surface area contributed by atoms with Crippen molar-refractivity contribution in [3.05, 3.63) is 57.4 Å². The highest BCUT2D eigenvalue weighted by atomic mass is 16.6. The van der Waals surface area contributed by atoms with E-state index in [1.807, 2.05) is 0 Å². The van der Waals surface area contributed by atoms with Crippen molar-refractivity contribution in [2.45, 2.75) is 6.92 Å². The number of nitro benzene ring substituents is 1. The third-order valence-corrected chi connectivity index (χ3v) is 2.44. The molecule has 0 saturated carbocycles. The van der Waals surface area contributed by atoms with Crippen LogP contribution in [-0.4, -0.2) is 27.2 Å². The molecule has 1 heterocycles. The highest BCUT2D eigenvalue weighted by molar-refractivity contribution is 5.93. The molecule has 1 aromatic heterocycles. The number of aromatic amines is 1. The van der Waals surface area contributed by atoms with E-state index in [-0.39, 0.29) is 11.4 Å². The van der Waals surface area contributed by atoms with E-state index in [0.29, 0.717) is 5.56 Å². The van der Waals surface area contributed by atoms with Crippen molar-refractivity contribution in [3.8, 4) is 0 Å². The number of para-hydroxylation sites is 1. The minimum Gasteiger partial charge on any atom is -0.282 e. The van der Waals surface area contributed by atoms with E-state index in [1.165, 1.54) is 18.3 Å². The molecule has 0 aliphatic rings. The fraction of sp³-hybridized carbons (Fsp3) is 0.0833. The molecule has 0 spiro atoms. The second-order valence-corrected chi connectivity index (χ2v) is 3.95. The summed E-state index contributed by atoms with van der Waals surface area (Å²) in [5.41, 5.74) is 3.42. The van der Waals surface area contributed by atoms with E-state index >= 15 is 0 Å². The van der Waals surface area contributed by atoms with Crippen molar-refractivity contribution < 1.29 is 9.72 Å². The minimum absolute atomic E-state index is 0.0823. The van der Waals surface area contributed by atoms with Gasteiger partial charge in [-0.15, -0.1) is 0 Å². The molecule has 8 heteroatoms. The van der Waals surface area contributed by atoms with E-state index < -0.39 is 10.8 Å². The maximum Gasteiger partial charge on any atom is 0.291 e. The quantitative estimate of drug-likeness (QED) is 0.497. The Morgan fingerprint density at radius 2 is 2.25 bits per heavy atom. The number of amides is 1. The lowest BCUT2D eigenvalue weighted by Gasteiger charge is -1.97. The molecule has 0 fully saturated rings. The molecule has 0 aliphatic heterocycles. The van der Waals surface area contributed by atoms with Crippen LogP contribution < -0.4 is 5.43 Å². The summed E-state index contributed by atoms with van der Waals surface area (Å²) in [6.45, 7) is 1.76. The molecular weight excluding hydrogens is 262 g/mol. The number of rotatable bonds is 4. The zero-order valence-electron chi connectivity index (χ0n) is 10.5. The summed E-state index contributed by atoms with van der Waals surface area (Å²) in [4.78, 5) is 21.9. The van der Waals surface area contributed by atoms with Gasteiger partial charge in [0.1, 0.15) is 0 Å². The number of H-pyrrole nitrogens is 1. The van der Waals surface area contributed by atoms with Crippen LogP contribution in [0.3, 0.4) is 0 Å². The number of aryl methyl sites for hydroxylation is 1. The van der Waals surface area contributed by atoms with Crippen LogP contribution in [0, 0.1) is 17.0 Å². The number of carbonyl (C=O) groups is 1. The first-order chi connectivity index (χ1) is 9.58. The lowest BCUT2D eigenvalue weighted by molar-refractivity contribution is -0.385. The minimum atomic E-state index is -0.514. The summed E-state index contributed by atoms with van der Waals surface area (Å²) in [7, 11) is 0. The smallest absolute Gasteiger partial charge is 0.282 e. The summed E-state index contributed by atoms with van der Waals surface area (Å²) < 4.78 is 0. The Morgan fingerprint density at radius 1 is 1.50 bits per heavy atom. The number of nitro groups is 1. The molecule has 8 nitrogen and oxygen atoms in total. The third kappa shape index (κ3) is 3.05. The highest BCUT2D eigenvalue weighted by Crippen LogP contribution is 2.14. The van der Waals surface area contributed by atoms with Crippen LogP contribution in [-0.2, 0) is 0 Å². The van der Waals surface area contributed by atoms with Crippen LogP contribution in [0.1, 0.15) is 21.7 Å². The van der Waals surface area contributed by atoms with Crippen LogP contribution in [0.2, 0.25) is 0 Å². The number of hydrogen-bond acceptors (Lipinski definition) is 5. The fourth-order valence-corrected chi connectivity index (χ4v) is 1.52. The molecule has 0 bridgehead atoms. The van der Waals surface area contributed by atoms with Crippen LogP contribution in [0.25, 0.3) is 0 Å². The molecule has 0 saturated heterocycles. The number of aromatic nitrogens is 2. The average Bonchev–Trinajstić information content (AvgIpc) is 2.86. The van der Waals surface area contributed by atoms with Gasteiger partial charge in [-0.1, -0.05) is 12.1 Å². The Bertz CT molecular complexity index is 677. The van der Waals surface area contributed by atoms with Gasteiger partial charge in [-0.05, 0) is 19.1 Å². The molecule has 102 valence electrons. The SMILES string of the molecule is Cc1cc(C(=O)NN=Cc2ccccc2[N+](=O)[O-])n[nH]1. The number of hydrazone groups is 1. The van der Waals surface area contributed by atoms with E-state index in [4.69, 9.17) is 0 Å². The Hall–Kier alpha value is -3.03. The standard InChI is InChI=1S/C12H11N5O3/c1-8-6-10(15-14-8)12(18)16-13-7-9-4-2-3-5-11(9)17(19)20/h2-7H,1H3,(H,14,15)(H,16,18). The first-order valence-electron chi connectivity index (χ1n) is 5.67. The van der Waals surface area contributed by atoms with Crippen LogP contribution >= 0.6 is 0 Å². The molecule has 0 atom stereocenters. The van der Waals surface area contributed by atoms with E-state index in [0.717, 1.165) is 5.69 Å². The second-order valence-electron chi connectivity index (χ2n) is 3.95. The predicted octanol–water partition coefficient (Wildman–Crippen LogP) is 1.39. The molecule has 1 aromatic carbocycles. The average molecular weight is 273 g/mol. The van der Waals surface area contributed by atoms with Crippen molar-refractivity contribution in [2.24, 2.45) is 5.10 Å². The van der Waals surface area contributed by atoms with Gasteiger partial charge in [0, 0.05) is 11.8 Å². The van der Waals surface area contributed by atoms with Crippen molar-refractivity contribution in [3.63, 3.8) is 0 Å². The maximum absolute atomic E-state index is 11.6. The van der Waals surface area contributed by atoms with Gasteiger partial charge in [-0.2, -0.15) is 10.2 Å². The van der Waals surface area contributed by atoms with Gasteiger partial charge in [-0.25, -0.2) is 5.43 Å². The number of benzene rings is 1. The summed E-state index contributed by atoms with van der Waals surface area (Å²) in [6.07, 6.45) is 1.22. The van der Waals surface area contributed by atoms with Gasteiger partial charge in [0.05, 0.1) is 16.7 Å². The van der Waals surface area contributed by atoms with E-state index in [2.05, 4.69) is 20.7 Å². The van der Waals surface area contributed by atoms with Gasteiger partial charge in [-0.3, -0.25) is 20.0 Å². The molecule has 2 N–H and O–H groups in total. The van der Waals surface area contributed by atoms with E-state index in [9.17, 15) is 14.9 Å². The topological polar surface area (TPSA) is 113 Å². The normalized spacial score (nSPS) is 10.7. The van der Waals surface area contributed by atoms with Crippen LogP contribution in [0.4, 0.5) is 5.69 Å². The van der Waals surface area contributed by atoms with Crippen LogP contribution in [0.5, 0.6) is 0 Å². The Labute approximate surface area is 113 Å². The molecule has 0 unspecified atom stereocenters. The zero-order valence-corrected chi connectivity index (χ0v) is 10.5. The number of carbonyl (C=O) groups excluding carboxylic acids is 1. The third-order valence-electron chi connectivity index (χ3n) is 2.44. The zero-order chi connectivity index (χ0) is 14.5. The van der Waals surface area contributed by atoms with Crippen LogP contribution in [0.15, 0.2) is 35.4 Å². The first-order valence-corrected chi connectivity index (χ1v) is 5.67. The lowest BCUT2D eigenvalue weighted by atomic mass is 10.2. The largest absolute Gasteiger partial charge is 0.291 e. The highest BCUT2D eigenvalue weighted by Gasteiger charge is 2.11. The number of nitrogens with zero attached hydrogens (tertiary/aromatic N) is 3. The van der Waals surface area contributed by atoms with E-state index in [1.54, 1.807) is 25.1 Å².